The largest absolute Gasteiger partial charge is 0.456 e. The van der Waals surface area contributed by atoms with Crippen LogP contribution in [0.5, 0.6) is 11.5 Å². The first kappa shape index (κ1) is 18.1. The molecule has 0 saturated heterocycles. The number of hydrogen-bond donors (Lipinski definition) is 1. The van der Waals surface area contributed by atoms with Gasteiger partial charge in [0.2, 0.25) is 0 Å². The first-order valence-corrected chi connectivity index (χ1v) is 8.18. The van der Waals surface area contributed by atoms with E-state index in [0.29, 0.717) is 0 Å². The minimum atomic E-state index is -0.662. The second kappa shape index (κ2) is 8.10. The van der Waals surface area contributed by atoms with Crippen LogP contribution in [0.1, 0.15) is 26.3 Å². The van der Waals surface area contributed by atoms with Gasteiger partial charge in [-0.25, -0.2) is 4.39 Å². The highest BCUT2D eigenvalue weighted by atomic mass is 19.1. The maximum atomic E-state index is 13.7. The molecular weight excluding hydrogens is 345 g/mol. The number of carbonyl (C=O) groups is 2. The molecule has 0 bridgehead atoms. The molecule has 0 spiro atoms. The van der Waals surface area contributed by atoms with Crippen molar-refractivity contribution in [2.24, 2.45) is 5.73 Å². The molecule has 0 saturated carbocycles. The smallest absolute Gasteiger partial charge is 0.252 e. The summed E-state index contributed by atoms with van der Waals surface area (Å²) in [7, 11) is 0. The number of primary amides is 1. The van der Waals surface area contributed by atoms with Gasteiger partial charge >= 0.3 is 0 Å². The minimum absolute atomic E-state index is 0.0430. The number of nitrogens with two attached hydrogens (primary N) is 1. The van der Waals surface area contributed by atoms with Crippen LogP contribution in [0.25, 0.3) is 6.08 Å². The van der Waals surface area contributed by atoms with Gasteiger partial charge in [-0.1, -0.05) is 48.5 Å². The summed E-state index contributed by atoms with van der Waals surface area (Å²) in [5, 5.41) is 0. The highest BCUT2D eigenvalue weighted by Gasteiger charge is 2.15. The average Bonchev–Trinajstić information content (AvgIpc) is 2.68. The van der Waals surface area contributed by atoms with E-state index in [9.17, 15) is 14.0 Å². The molecule has 3 aromatic rings. The normalized spacial score (nSPS) is 10.7. The van der Waals surface area contributed by atoms with Gasteiger partial charge < -0.3 is 10.5 Å². The Morgan fingerprint density at radius 2 is 1.52 bits per heavy atom. The van der Waals surface area contributed by atoms with Crippen LogP contribution in [0.3, 0.4) is 0 Å². The number of allylic oxidation sites excluding steroid dienone is 1. The molecule has 0 aliphatic carbocycles. The van der Waals surface area contributed by atoms with E-state index >= 15 is 0 Å². The van der Waals surface area contributed by atoms with E-state index in [-0.39, 0.29) is 22.6 Å². The molecule has 2 N–H and O–H groups in total. The van der Waals surface area contributed by atoms with Crippen molar-refractivity contribution in [2.75, 3.05) is 0 Å². The van der Waals surface area contributed by atoms with Gasteiger partial charge in [0, 0.05) is 0 Å². The van der Waals surface area contributed by atoms with Crippen molar-refractivity contribution in [3.8, 4) is 11.5 Å². The minimum Gasteiger partial charge on any atom is -0.456 e. The second-order valence-electron chi connectivity index (χ2n) is 5.71. The molecule has 0 aromatic heterocycles. The summed E-state index contributed by atoms with van der Waals surface area (Å²) in [6.45, 7) is 0. The van der Waals surface area contributed by atoms with Crippen molar-refractivity contribution >= 4 is 17.8 Å². The highest BCUT2D eigenvalue weighted by molar-refractivity contribution is 6.08. The van der Waals surface area contributed by atoms with Crippen molar-refractivity contribution in [1.82, 2.24) is 0 Å². The number of ketones is 1. The lowest BCUT2D eigenvalue weighted by Crippen LogP contribution is -2.12. The number of hydrogen-bond acceptors (Lipinski definition) is 3. The number of rotatable bonds is 6. The number of halogens is 1. The van der Waals surface area contributed by atoms with Crippen LogP contribution in [0.15, 0.2) is 78.9 Å². The van der Waals surface area contributed by atoms with Crippen molar-refractivity contribution in [3.63, 3.8) is 0 Å². The monoisotopic (exact) mass is 361 g/mol. The van der Waals surface area contributed by atoms with Crippen LogP contribution in [-0.4, -0.2) is 11.7 Å². The van der Waals surface area contributed by atoms with Gasteiger partial charge in [0.1, 0.15) is 17.3 Å². The molecule has 0 aliphatic heterocycles. The van der Waals surface area contributed by atoms with Crippen LogP contribution in [0.4, 0.5) is 4.39 Å². The lowest BCUT2D eigenvalue weighted by molar-refractivity contribution is 0.0997. The van der Waals surface area contributed by atoms with Gasteiger partial charge in [-0.15, -0.1) is 0 Å². The van der Waals surface area contributed by atoms with E-state index in [0.717, 1.165) is 11.6 Å². The SMILES string of the molecule is NC(=O)c1ccccc1Oc1ccc(F)cc1C(=O)/C=C/c1ccccc1. The highest BCUT2D eigenvalue weighted by Crippen LogP contribution is 2.29. The molecule has 0 aliphatic rings. The van der Waals surface area contributed by atoms with Gasteiger partial charge in [0.15, 0.2) is 5.78 Å². The average molecular weight is 361 g/mol. The Morgan fingerprint density at radius 1 is 0.852 bits per heavy atom. The molecule has 0 radical (unpaired) electrons. The summed E-state index contributed by atoms with van der Waals surface area (Å²) in [6, 6.07) is 19.3. The van der Waals surface area contributed by atoms with E-state index in [2.05, 4.69) is 0 Å². The summed E-state index contributed by atoms with van der Waals surface area (Å²) < 4.78 is 19.4. The van der Waals surface area contributed by atoms with Gasteiger partial charge in [-0.3, -0.25) is 9.59 Å². The molecule has 0 atom stereocenters. The van der Waals surface area contributed by atoms with Gasteiger partial charge in [0.05, 0.1) is 11.1 Å². The molecule has 3 aromatic carbocycles. The van der Waals surface area contributed by atoms with Crippen molar-refractivity contribution in [3.05, 3.63) is 101 Å². The van der Waals surface area contributed by atoms with E-state index < -0.39 is 17.5 Å². The number of carbonyl (C=O) groups excluding carboxylic acids is 2. The Labute approximate surface area is 155 Å². The molecule has 134 valence electrons. The third kappa shape index (κ3) is 4.46. The van der Waals surface area contributed by atoms with E-state index in [1.807, 2.05) is 30.3 Å². The van der Waals surface area contributed by atoms with Crippen molar-refractivity contribution in [2.45, 2.75) is 0 Å². The fourth-order valence-electron chi connectivity index (χ4n) is 2.49. The number of ether oxygens (including phenoxy) is 1. The second-order valence-corrected chi connectivity index (χ2v) is 5.71. The molecule has 0 unspecified atom stereocenters. The quantitative estimate of drug-likeness (QED) is 0.515. The lowest BCUT2D eigenvalue weighted by Gasteiger charge is -2.12. The van der Waals surface area contributed by atoms with E-state index in [1.165, 1.54) is 24.3 Å². The predicted octanol–water partition coefficient (Wildman–Crippen LogP) is 4.61. The Hall–Kier alpha value is -3.73. The molecular formula is C22H16FNO3. The molecule has 3 rings (SSSR count). The predicted molar refractivity (Wildman–Crippen MR) is 101 cm³/mol. The lowest BCUT2D eigenvalue weighted by atomic mass is 10.1. The zero-order chi connectivity index (χ0) is 19.2. The first-order valence-electron chi connectivity index (χ1n) is 8.18. The summed E-state index contributed by atoms with van der Waals surface area (Å²) in [5.74, 6) is -1.33. The number of amides is 1. The fraction of sp³-hybridized carbons (Fsp3) is 0. The Kier molecular flexibility index (Phi) is 5.42. The van der Waals surface area contributed by atoms with Crippen LogP contribution >= 0.6 is 0 Å². The summed E-state index contributed by atoms with van der Waals surface area (Å²) >= 11 is 0. The van der Waals surface area contributed by atoms with Crippen LogP contribution in [0.2, 0.25) is 0 Å². The Morgan fingerprint density at radius 3 is 2.26 bits per heavy atom. The number of para-hydroxylation sites is 1. The summed E-state index contributed by atoms with van der Waals surface area (Å²) in [5.41, 5.74) is 6.39. The summed E-state index contributed by atoms with van der Waals surface area (Å²) in [4.78, 5) is 24.1. The van der Waals surface area contributed by atoms with E-state index in [1.54, 1.807) is 24.3 Å². The van der Waals surface area contributed by atoms with Gasteiger partial charge in [-0.2, -0.15) is 0 Å². The third-order valence-electron chi connectivity index (χ3n) is 3.81. The van der Waals surface area contributed by atoms with Crippen LogP contribution in [-0.2, 0) is 0 Å². The van der Waals surface area contributed by atoms with Crippen LogP contribution < -0.4 is 10.5 Å². The molecule has 27 heavy (non-hydrogen) atoms. The summed E-state index contributed by atoms with van der Waals surface area (Å²) in [6.07, 6.45) is 2.98. The maximum absolute atomic E-state index is 13.7. The molecule has 0 heterocycles. The molecule has 1 amide bonds. The fourth-order valence-corrected chi connectivity index (χ4v) is 2.49. The third-order valence-corrected chi connectivity index (χ3v) is 3.81. The number of benzene rings is 3. The standard InChI is InChI=1S/C22H16FNO3/c23-16-11-13-21(27-20-9-5-4-8-17(20)22(24)26)18(14-16)19(25)12-10-15-6-2-1-3-7-15/h1-14H,(H2,24,26)/b12-10+. The van der Waals surface area contributed by atoms with Gasteiger partial charge in [-0.05, 0) is 42.0 Å². The van der Waals surface area contributed by atoms with Crippen molar-refractivity contribution < 1.29 is 18.7 Å². The maximum Gasteiger partial charge on any atom is 0.252 e. The molecule has 0 fully saturated rings. The first-order chi connectivity index (χ1) is 13.0. The zero-order valence-electron chi connectivity index (χ0n) is 14.3. The molecule has 5 heteroatoms. The van der Waals surface area contributed by atoms with Gasteiger partial charge in [0.25, 0.3) is 5.91 Å². The zero-order valence-corrected chi connectivity index (χ0v) is 14.3. The molecule has 4 nitrogen and oxygen atoms in total. The topological polar surface area (TPSA) is 69.4 Å². The van der Waals surface area contributed by atoms with Crippen molar-refractivity contribution in [1.29, 1.82) is 0 Å². The van der Waals surface area contributed by atoms with E-state index in [4.69, 9.17) is 10.5 Å². The Balaban J connectivity index is 1.93. The Bertz CT molecular complexity index is 1010. The van der Waals surface area contributed by atoms with Crippen LogP contribution in [0, 0.1) is 5.82 Å².